The second kappa shape index (κ2) is 7.20. The molecule has 0 N–H and O–H groups in total. The molecule has 3 rings (SSSR count). The zero-order valence-corrected chi connectivity index (χ0v) is 13.5. The average Bonchev–Trinajstić information content (AvgIpc) is 2.55. The van der Waals surface area contributed by atoms with Gasteiger partial charge in [0, 0.05) is 31.3 Å². The first-order valence-electron chi connectivity index (χ1n) is 8.03. The van der Waals surface area contributed by atoms with Gasteiger partial charge in [-0.05, 0) is 32.4 Å². The molecule has 1 aromatic rings. The Labute approximate surface area is 132 Å². The summed E-state index contributed by atoms with van der Waals surface area (Å²) in [5, 5.41) is 0. The quantitative estimate of drug-likeness (QED) is 0.836. The third-order valence-electron chi connectivity index (χ3n) is 4.17. The molecule has 1 aromatic carbocycles. The Morgan fingerprint density at radius 1 is 1.14 bits per heavy atom. The van der Waals surface area contributed by atoms with Crippen LogP contribution >= 0.6 is 0 Å². The van der Waals surface area contributed by atoms with E-state index in [-0.39, 0.29) is 0 Å². The topological polar surface area (TPSA) is 40.2 Å². The van der Waals surface area contributed by atoms with Gasteiger partial charge in [-0.2, -0.15) is 0 Å². The molecule has 2 heterocycles. The largest absolute Gasteiger partial charge is 0.496 e. The molecule has 0 spiro atoms. The van der Waals surface area contributed by atoms with Crippen LogP contribution in [0.15, 0.2) is 12.1 Å². The Morgan fingerprint density at radius 3 is 2.59 bits per heavy atom. The number of likely N-dealkylation sites (N-methyl/N-ethyl adjacent to an activating group) is 1. The highest BCUT2D eigenvalue weighted by Gasteiger charge is 2.19. The van der Waals surface area contributed by atoms with Crippen LogP contribution in [0.3, 0.4) is 0 Å². The fraction of sp³-hybridized carbons (Fsp3) is 0.647. The van der Waals surface area contributed by atoms with Crippen molar-refractivity contribution in [3.63, 3.8) is 0 Å². The van der Waals surface area contributed by atoms with Crippen molar-refractivity contribution in [1.82, 2.24) is 4.90 Å². The summed E-state index contributed by atoms with van der Waals surface area (Å²) in [5.41, 5.74) is 1.12. The Bertz CT molecular complexity index is 500. The van der Waals surface area contributed by atoms with E-state index in [1.165, 1.54) is 12.8 Å². The van der Waals surface area contributed by atoms with Crippen molar-refractivity contribution >= 4 is 0 Å². The lowest BCUT2D eigenvalue weighted by Gasteiger charge is -2.28. The van der Waals surface area contributed by atoms with Crippen LogP contribution in [-0.2, 0) is 11.3 Å². The number of benzene rings is 1. The summed E-state index contributed by atoms with van der Waals surface area (Å²) in [7, 11) is 3.81. The molecule has 1 fully saturated rings. The lowest BCUT2D eigenvalue weighted by molar-refractivity contribution is -0.00269. The molecular weight excluding hydrogens is 282 g/mol. The van der Waals surface area contributed by atoms with Crippen LogP contribution in [0, 0.1) is 0 Å². The van der Waals surface area contributed by atoms with Crippen LogP contribution in [0.2, 0.25) is 0 Å². The Morgan fingerprint density at radius 2 is 1.91 bits per heavy atom. The maximum absolute atomic E-state index is 5.82. The van der Waals surface area contributed by atoms with Crippen molar-refractivity contribution in [2.24, 2.45) is 0 Å². The predicted molar refractivity (Wildman–Crippen MR) is 83.9 cm³/mol. The first kappa shape index (κ1) is 15.4. The standard InChI is InChI=1S/C17H25NO4/c1-18(12-14-5-3-4-6-20-14)11-13-9-16-17(10-15(13)19-2)22-8-7-21-16/h9-10,14H,3-8,11-12H2,1-2H3/t14-/m1/s1. The number of hydrogen-bond acceptors (Lipinski definition) is 5. The monoisotopic (exact) mass is 307 g/mol. The van der Waals surface area contributed by atoms with Crippen LogP contribution in [0.5, 0.6) is 17.2 Å². The summed E-state index contributed by atoms with van der Waals surface area (Å²) < 4.78 is 22.6. The van der Waals surface area contributed by atoms with Gasteiger partial charge in [-0.3, -0.25) is 4.90 Å². The van der Waals surface area contributed by atoms with Crippen LogP contribution < -0.4 is 14.2 Å². The van der Waals surface area contributed by atoms with Crippen molar-refractivity contribution in [1.29, 1.82) is 0 Å². The van der Waals surface area contributed by atoms with Crippen LogP contribution in [0.25, 0.3) is 0 Å². The van der Waals surface area contributed by atoms with Crippen LogP contribution in [0.4, 0.5) is 0 Å². The molecule has 0 radical (unpaired) electrons. The molecule has 5 heteroatoms. The van der Waals surface area contributed by atoms with E-state index in [4.69, 9.17) is 18.9 Å². The molecule has 0 amide bonds. The first-order chi connectivity index (χ1) is 10.8. The summed E-state index contributed by atoms with van der Waals surface area (Å²) in [4.78, 5) is 2.28. The zero-order chi connectivity index (χ0) is 15.4. The number of ether oxygens (including phenoxy) is 4. The molecular formula is C17H25NO4. The van der Waals surface area contributed by atoms with Crippen molar-refractivity contribution in [3.8, 4) is 17.2 Å². The van der Waals surface area contributed by atoms with E-state index < -0.39 is 0 Å². The molecule has 122 valence electrons. The van der Waals surface area contributed by atoms with E-state index in [9.17, 15) is 0 Å². The SMILES string of the molecule is COc1cc2c(cc1CN(C)C[C@H]1CCCCO1)OCCO2. The minimum atomic E-state index is 0.349. The minimum absolute atomic E-state index is 0.349. The van der Waals surface area contributed by atoms with Crippen molar-refractivity contribution in [3.05, 3.63) is 17.7 Å². The number of rotatable bonds is 5. The molecule has 1 atom stereocenters. The number of nitrogens with zero attached hydrogens (tertiary/aromatic N) is 1. The third kappa shape index (κ3) is 3.65. The van der Waals surface area contributed by atoms with Gasteiger partial charge < -0.3 is 18.9 Å². The van der Waals surface area contributed by atoms with E-state index in [0.29, 0.717) is 19.3 Å². The van der Waals surface area contributed by atoms with E-state index in [1.54, 1.807) is 7.11 Å². The van der Waals surface area contributed by atoms with Gasteiger partial charge in [0.2, 0.25) is 0 Å². The molecule has 1 saturated heterocycles. The average molecular weight is 307 g/mol. The van der Waals surface area contributed by atoms with Gasteiger partial charge in [0.25, 0.3) is 0 Å². The fourth-order valence-corrected chi connectivity index (χ4v) is 3.08. The lowest BCUT2D eigenvalue weighted by atomic mass is 10.1. The van der Waals surface area contributed by atoms with Gasteiger partial charge in [-0.15, -0.1) is 0 Å². The van der Waals surface area contributed by atoms with Gasteiger partial charge in [0.15, 0.2) is 11.5 Å². The summed E-state index contributed by atoms with van der Waals surface area (Å²) in [6.07, 6.45) is 3.96. The first-order valence-corrected chi connectivity index (χ1v) is 8.03. The fourth-order valence-electron chi connectivity index (χ4n) is 3.08. The predicted octanol–water partition coefficient (Wildman–Crippen LogP) is 2.47. The molecule has 22 heavy (non-hydrogen) atoms. The maximum Gasteiger partial charge on any atom is 0.165 e. The second-order valence-electron chi connectivity index (χ2n) is 5.99. The smallest absolute Gasteiger partial charge is 0.165 e. The highest BCUT2D eigenvalue weighted by atomic mass is 16.6. The van der Waals surface area contributed by atoms with E-state index in [2.05, 4.69) is 11.9 Å². The van der Waals surface area contributed by atoms with Gasteiger partial charge in [0.1, 0.15) is 19.0 Å². The summed E-state index contributed by atoms with van der Waals surface area (Å²) in [6.45, 7) is 3.84. The molecule has 0 unspecified atom stereocenters. The number of hydrogen-bond donors (Lipinski definition) is 0. The summed E-state index contributed by atoms with van der Waals surface area (Å²) in [5.74, 6) is 2.43. The highest BCUT2D eigenvalue weighted by molar-refractivity contribution is 5.51. The molecule has 2 aliphatic rings. The molecule has 0 saturated carbocycles. The minimum Gasteiger partial charge on any atom is -0.496 e. The molecule has 0 aromatic heterocycles. The van der Waals surface area contributed by atoms with Crippen molar-refractivity contribution in [2.45, 2.75) is 31.9 Å². The lowest BCUT2D eigenvalue weighted by Crippen LogP contribution is -2.33. The van der Waals surface area contributed by atoms with Gasteiger partial charge in [0.05, 0.1) is 13.2 Å². The Balaban J connectivity index is 1.67. The molecule has 0 aliphatic carbocycles. The summed E-state index contributed by atoms with van der Waals surface area (Å²) >= 11 is 0. The number of fused-ring (bicyclic) bond motifs is 1. The third-order valence-corrected chi connectivity index (χ3v) is 4.17. The molecule has 0 bridgehead atoms. The van der Waals surface area contributed by atoms with Crippen molar-refractivity contribution in [2.75, 3.05) is 40.5 Å². The maximum atomic E-state index is 5.82. The van der Waals surface area contributed by atoms with Crippen molar-refractivity contribution < 1.29 is 18.9 Å². The van der Waals surface area contributed by atoms with E-state index in [1.807, 2.05) is 12.1 Å². The normalized spacial score (nSPS) is 21.0. The van der Waals surface area contributed by atoms with Crippen LogP contribution in [0.1, 0.15) is 24.8 Å². The summed E-state index contributed by atoms with van der Waals surface area (Å²) in [6, 6.07) is 3.96. The Kier molecular flexibility index (Phi) is 5.05. The number of methoxy groups -OCH3 is 1. The second-order valence-corrected chi connectivity index (χ2v) is 5.99. The van der Waals surface area contributed by atoms with Gasteiger partial charge >= 0.3 is 0 Å². The molecule has 5 nitrogen and oxygen atoms in total. The zero-order valence-electron chi connectivity index (χ0n) is 13.5. The highest BCUT2D eigenvalue weighted by Crippen LogP contribution is 2.37. The Hall–Kier alpha value is -1.46. The van der Waals surface area contributed by atoms with E-state index >= 15 is 0 Å². The van der Waals surface area contributed by atoms with Gasteiger partial charge in [-0.1, -0.05) is 0 Å². The van der Waals surface area contributed by atoms with Gasteiger partial charge in [-0.25, -0.2) is 0 Å². The molecule has 2 aliphatic heterocycles. The van der Waals surface area contributed by atoms with Crippen LogP contribution in [-0.4, -0.2) is 51.5 Å². The van der Waals surface area contributed by atoms with E-state index in [0.717, 1.165) is 48.9 Å².